The molecule has 0 atom stereocenters. The molecular formula is C23H29N3O3. The van der Waals surface area contributed by atoms with Gasteiger partial charge < -0.3 is 20.7 Å². The van der Waals surface area contributed by atoms with Crippen molar-refractivity contribution in [3.05, 3.63) is 60.7 Å². The number of nitrogens with one attached hydrogen (secondary N) is 3. The highest BCUT2D eigenvalue weighted by Crippen LogP contribution is 2.24. The maximum atomic E-state index is 12.3. The van der Waals surface area contributed by atoms with Crippen LogP contribution in [0.5, 0.6) is 5.75 Å². The summed E-state index contributed by atoms with van der Waals surface area (Å²) in [5.74, 6) is 0.717. The predicted molar refractivity (Wildman–Crippen MR) is 118 cm³/mol. The molecule has 6 heteroatoms. The molecule has 2 aromatic rings. The van der Waals surface area contributed by atoms with Crippen LogP contribution in [0.15, 0.2) is 60.7 Å². The Hall–Kier alpha value is -3.28. The van der Waals surface area contributed by atoms with Crippen molar-refractivity contribution in [3.63, 3.8) is 0 Å². The van der Waals surface area contributed by atoms with Crippen molar-refractivity contribution in [2.24, 2.45) is 5.92 Å². The van der Waals surface area contributed by atoms with Gasteiger partial charge in [-0.05, 0) is 54.8 Å². The van der Waals surface area contributed by atoms with E-state index in [1.54, 1.807) is 24.3 Å². The molecule has 0 aliphatic rings. The van der Waals surface area contributed by atoms with Gasteiger partial charge >= 0.3 is 0 Å². The van der Waals surface area contributed by atoms with Crippen LogP contribution in [0, 0.1) is 5.92 Å². The molecule has 6 nitrogen and oxygen atoms in total. The van der Waals surface area contributed by atoms with Gasteiger partial charge in [0, 0.05) is 17.8 Å². The van der Waals surface area contributed by atoms with Gasteiger partial charge in [0.05, 0.1) is 12.2 Å². The highest BCUT2D eigenvalue weighted by molar-refractivity contribution is 5.95. The molecule has 0 aromatic heterocycles. The molecule has 154 valence electrons. The summed E-state index contributed by atoms with van der Waals surface area (Å²) >= 11 is 0. The summed E-state index contributed by atoms with van der Waals surface area (Å²) in [5.41, 5.74) is 3.03. The Morgan fingerprint density at radius 1 is 0.966 bits per heavy atom. The van der Waals surface area contributed by atoms with Gasteiger partial charge in [0.2, 0.25) is 11.8 Å². The summed E-state index contributed by atoms with van der Waals surface area (Å²) in [6, 6.07) is 14.5. The van der Waals surface area contributed by atoms with E-state index < -0.39 is 0 Å². The van der Waals surface area contributed by atoms with Crippen LogP contribution in [0.1, 0.15) is 27.2 Å². The minimum atomic E-state index is -0.189. The number of rotatable bonds is 10. The van der Waals surface area contributed by atoms with Crippen LogP contribution in [-0.2, 0) is 9.59 Å². The third kappa shape index (κ3) is 8.09. The van der Waals surface area contributed by atoms with Crippen molar-refractivity contribution in [1.29, 1.82) is 0 Å². The van der Waals surface area contributed by atoms with E-state index in [1.165, 1.54) is 0 Å². The molecule has 2 rings (SSSR count). The molecule has 0 radical (unpaired) electrons. The maximum Gasteiger partial charge on any atom is 0.243 e. The summed E-state index contributed by atoms with van der Waals surface area (Å²) in [4.78, 5) is 24.1. The summed E-state index contributed by atoms with van der Waals surface area (Å²) in [5, 5.41) is 8.77. The molecule has 0 spiro atoms. The number of carbonyl (C=O) groups excluding carboxylic acids is 2. The zero-order valence-corrected chi connectivity index (χ0v) is 17.2. The molecule has 0 heterocycles. The fourth-order valence-electron chi connectivity index (χ4n) is 2.53. The van der Waals surface area contributed by atoms with Gasteiger partial charge in [-0.1, -0.05) is 32.6 Å². The fraction of sp³-hybridized carbons (Fsp3) is 0.304. The molecule has 2 amide bonds. The van der Waals surface area contributed by atoms with Crippen LogP contribution < -0.4 is 20.7 Å². The van der Waals surface area contributed by atoms with Gasteiger partial charge in [-0.25, -0.2) is 0 Å². The standard InChI is InChI=1S/C23H29N3O3/c1-16(2)13-22(27)25-19-11-9-18(10-12-19)24-14-23(28)26-20-7-5-6-8-21(20)29-15-17(3)4/h5-12,16,24H,3,13-15H2,1-2,4H3,(H,25,27)(H,26,28). The summed E-state index contributed by atoms with van der Waals surface area (Å²) < 4.78 is 5.66. The van der Waals surface area contributed by atoms with E-state index in [-0.39, 0.29) is 18.4 Å². The second kappa shape index (κ2) is 10.9. The third-order valence-corrected chi connectivity index (χ3v) is 3.85. The number of amides is 2. The monoisotopic (exact) mass is 395 g/mol. The Bertz CT molecular complexity index is 845. The van der Waals surface area contributed by atoms with E-state index in [4.69, 9.17) is 4.74 Å². The first-order chi connectivity index (χ1) is 13.8. The van der Waals surface area contributed by atoms with Crippen molar-refractivity contribution in [3.8, 4) is 5.75 Å². The molecule has 0 unspecified atom stereocenters. The number of hydrogen-bond donors (Lipinski definition) is 3. The number of anilines is 3. The lowest BCUT2D eigenvalue weighted by molar-refractivity contribution is -0.117. The largest absolute Gasteiger partial charge is 0.487 e. The second-order valence-electron chi connectivity index (χ2n) is 7.37. The van der Waals surface area contributed by atoms with E-state index in [0.29, 0.717) is 30.4 Å². The van der Waals surface area contributed by atoms with Crippen molar-refractivity contribution < 1.29 is 14.3 Å². The quantitative estimate of drug-likeness (QED) is 0.511. The first kappa shape index (κ1) is 22.0. The second-order valence-corrected chi connectivity index (χ2v) is 7.37. The van der Waals surface area contributed by atoms with Gasteiger partial charge in [0.15, 0.2) is 0 Å². The van der Waals surface area contributed by atoms with E-state index in [0.717, 1.165) is 16.9 Å². The average Bonchev–Trinajstić information content (AvgIpc) is 2.66. The summed E-state index contributed by atoms with van der Waals surface area (Å²) in [7, 11) is 0. The van der Waals surface area contributed by atoms with Crippen molar-refractivity contribution in [1.82, 2.24) is 0 Å². The molecule has 0 bridgehead atoms. The van der Waals surface area contributed by atoms with Crippen LogP contribution >= 0.6 is 0 Å². The van der Waals surface area contributed by atoms with Crippen LogP contribution in [0.2, 0.25) is 0 Å². The third-order valence-electron chi connectivity index (χ3n) is 3.85. The zero-order valence-electron chi connectivity index (χ0n) is 17.2. The van der Waals surface area contributed by atoms with Crippen molar-refractivity contribution >= 4 is 28.9 Å². The molecule has 0 fully saturated rings. The Morgan fingerprint density at radius 3 is 2.28 bits per heavy atom. The molecule has 0 aliphatic heterocycles. The Morgan fingerprint density at radius 2 is 1.62 bits per heavy atom. The molecule has 0 saturated heterocycles. The lowest BCUT2D eigenvalue weighted by atomic mass is 10.1. The highest BCUT2D eigenvalue weighted by Gasteiger charge is 2.08. The van der Waals surface area contributed by atoms with Gasteiger partial charge in [-0.15, -0.1) is 0 Å². The van der Waals surface area contributed by atoms with E-state index in [1.807, 2.05) is 45.0 Å². The highest BCUT2D eigenvalue weighted by atomic mass is 16.5. The minimum absolute atomic E-state index is 0.00683. The molecular weight excluding hydrogens is 366 g/mol. The SMILES string of the molecule is C=C(C)COc1ccccc1NC(=O)CNc1ccc(NC(=O)CC(C)C)cc1. The van der Waals surface area contributed by atoms with E-state index in [2.05, 4.69) is 22.5 Å². The maximum absolute atomic E-state index is 12.3. The average molecular weight is 396 g/mol. The van der Waals surface area contributed by atoms with Crippen LogP contribution in [0.3, 0.4) is 0 Å². The number of para-hydroxylation sites is 2. The van der Waals surface area contributed by atoms with Crippen molar-refractivity contribution in [2.75, 3.05) is 29.1 Å². The van der Waals surface area contributed by atoms with Gasteiger partial charge in [-0.2, -0.15) is 0 Å². The first-order valence-corrected chi connectivity index (χ1v) is 9.63. The van der Waals surface area contributed by atoms with Gasteiger partial charge in [0.25, 0.3) is 0 Å². The number of hydrogen-bond acceptors (Lipinski definition) is 4. The van der Waals surface area contributed by atoms with E-state index >= 15 is 0 Å². The molecule has 29 heavy (non-hydrogen) atoms. The first-order valence-electron chi connectivity index (χ1n) is 9.63. The van der Waals surface area contributed by atoms with Crippen LogP contribution in [0.4, 0.5) is 17.1 Å². The Balaban J connectivity index is 1.85. The lowest BCUT2D eigenvalue weighted by Crippen LogP contribution is -2.22. The van der Waals surface area contributed by atoms with Crippen molar-refractivity contribution in [2.45, 2.75) is 27.2 Å². The van der Waals surface area contributed by atoms with E-state index in [9.17, 15) is 9.59 Å². The lowest BCUT2D eigenvalue weighted by Gasteiger charge is -2.13. The Labute approximate surface area is 172 Å². The smallest absolute Gasteiger partial charge is 0.243 e. The topological polar surface area (TPSA) is 79.5 Å². The summed E-state index contributed by atoms with van der Waals surface area (Å²) in [6.07, 6.45) is 0.484. The fourth-order valence-corrected chi connectivity index (χ4v) is 2.53. The number of ether oxygens (including phenoxy) is 1. The van der Waals surface area contributed by atoms with Crippen LogP contribution in [0.25, 0.3) is 0 Å². The normalized spacial score (nSPS) is 10.3. The summed E-state index contributed by atoms with van der Waals surface area (Å²) in [6.45, 7) is 10.2. The van der Waals surface area contributed by atoms with Crippen LogP contribution in [-0.4, -0.2) is 25.0 Å². The molecule has 0 aliphatic carbocycles. The Kier molecular flexibility index (Phi) is 8.27. The molecule has 2 aromatic carbocycles. The van der Waals surface area contributed by atoms with Gasteiger partial charge in [0.1, 0.15) is 12.4 Å². The van der Waals surface area contributed by atoms with Gasteiger partial charge in [-0.3, -0.25) is 9.59 Å². The number of carbonyl (C=O) groups is 2. The zero-order chi connectivity index (χ0) is 21.2. The molecule has 0 saturated carbocycles. The molecule has 3 N–H and O–H groups in total. The predicted octanol–water partition coefficient (Wildman–Crippen LogP) is 4.68. The minimum Gasteiger partial charge on any atom is -0.487 e. The number of benzene rings is 2.